The summed E-state index contributed by atoms with van der Waals surface area (Å²) in [6.45, 7) is 8.69. The highest BCUT2D eigenvalue weighted by Crippen LogP contribution is 2.45. The molecule has 0 spiro atoms. The molecule has 0 amide bonds. The lowest BCUT2D eigenvalue weighted by atomic mass is 9.64. The lowest BCUT2D eigenvalue weighted by Gasteiger charge is -2.45. The fourth-order valence-electron chi connectivity index (χ4n) is 3.83. The van der Waals surface area contributed by atoms with Gasteiger partial charge in [0.2, 0.25) is 10.0 Å². The Morgan fingerprint density at radius 1 is 1.05 bits per heavy atom. The minimum atomic E-state index is -3.59. The van der Waals surface area contributed by atoms with Crippen molar-refractivity contribution in [2.24, 2.45) is 10.8 Å². The maximum Gasteiger partial charge on any atom is 0.240 e. The predicted octanol–water partition coefficient (Wildman–Crippen LogP) is 3.71. The zero-order chi connectivity index (χ0) is 15.9. The van der Waals surface area contributed by atoms with Gasteiger partial charge in [0.05, 0.1) is 4.90 Å². The number of hydrogen-bond donors (Lipinski definition) is 1. The van der Waals surface area contributed by atoms with Crippen LogP contribution >= 0.6 is 0 Å². The Labute approximate surface area is 127 Å². The summed E-state index contributed by atoms with van der Waals surface area (Å²) < 4.78 is 40.5. The van der Waals surface area contributed by atoms with Crippen molar-refractivity contribution in [1.82, 2.24) is 4.72 Å². The van der Waals surface area contributed by atoms with E-state index in [0.717, 1.165) is 19.3 Å². The van der Waals surface area contributed by atoms with Crippen LogP contribution in [0.5, 0.6) is 0 Å². The number of rotatable bonds is 3. The Kier molecular flexibility index (Phi) is 4.19. The number of halogens is 1. The second-order valence-corrected chi connectivity index (χ2v) is 9.40. The number of hydrogen-bond acceptors (Lipinski definition) is 2. The van der Waals surface area contributed by atoms with E-state index < -0.39 is 15.8 Å². The van der Waals surface area contributed by atoms with Crippen LogP contribution in [-0.2, 0) is 10.0 Å². The Morgan fingerprint density at radius 2 is 1.52 bits per heavy atom. The molecule has 1 fully saturated rings. The zero-order valence-corrected chi connectivity index (χ0v) is 13.9. The van der Waals surface area contributed by atoms with E-state index in [1.165, 1.54) is 24.3 Å². The highest BCUT2D eigenvalue weighted by molar-refractivity contribution is 7.89. The molecule has 3 nitrogen and oxygen atoms in total. The van der Waals surface area contributed by atoms with Gasteiger partial charge in [-0.3, -0.25) is 0 Å². The summed E-state index contributed by atoms with van der Waals surface area (Å²) in [6, 6.07) is 4.86. The van der Waals surface area contributed by atoms with Crippen molar-refractivity contribution in [2.75, 3.05) is 0 Å². The first kappa shape index (κ1) is 16.4. The molecule has 1 aromatic carbocycles. The monoisotopic (exact) mass is 313 g/mol. The Hall–Kier alpha value is -0.940. The molecule has 5 heteroatoms. The van der Waals surface area contributed by atoms with E-state index in [1.54, 1.807) is 0 Å². The predicted molar refractivity (Wildman–Crippen MR) is 81.9 cm³/mol. The van der Waals surface area contributed by atoms with Gasteiger partial charge in [0.1, 0.15) is 5.82 Å². The van der Waals surface area contributed by atoms with Crippen LogP contribution in [0.15, 0.2) is 29.2 Å². The second-order valence-electron chi connectivity index (χ2n) is 7.69. The first-order chi connectivity index (χ1) is 9.49. The lowest BCUT2D eigenvalue weighted by molar-refractivity contribution is 0.0934. The van der Waals surface area contributed by atoms with Crippen LogP contribution in [0.1, 0.15) is 47.0 Å². The highest BCUT2D eigenvalue weighted by atomic mass is 32.2. The zero-order valence-electron chi connectivity index (χ0n) is 13.1. The summed E-state index contributed by atoms with van der Waals surface area (Å²) in [5, 5.41) is 0. The fourth-order valence-corrected chi connectivity index (χ4v) is 5.07. The van der Waals surface area contributed by atoms with E-state index in [2.05, 4.69) is 32.4 Å². The summed E-state index contributed by atoms with van der Waals surface area (Å²) in [5.41, 5.74) is 0.218. The minimum absolute atomic E-state index is 0.0844. The van der Waals surface area contributed by atoms with E-state index in [0.29, 0.717) is 0 Å². The molecule has 0 aromatic heterocycles. The van der Waals surface area contributed by atoms with Crippen molar-refractivity contribution in [3.63, 3.8) is 0 Å². The molecule has 21 heavy (non-hydrogen) atoms. The van der Waals surface area contributed by atoms with Crippen LogP contribution in [0.2, 0.25) is 0 Å². The maximum absolute atomic E-state index is 12.9. The summed E-state index contributed by atoms with van der Waals surface area (Å²) >= 11 is 0. The molecule has 0 heterocycles. The quantitative estimate of drug-likeness (QED) is 0.924. The molecule has 0 atom stereocenters. The number of nitrogens with one attached hydrogen (secondary N) is 1. The average molecular weight is 313 g/mol. The van der Waals surface area contributed by atoms with Crippen molar-refractivity contribution < 1.29 is 12.8 Å². The minimum Gasteiger partial charge on any atom is -0.208 e. The Bertz CT molecular complexity index is 590. The van der Waals surface area contributed by atoms with E-state index >= 15 is 0 Å². The van der Waals surface area contributed by atoms with E-state index in [-0.39, 0.29) is 21.8 Å². The topological polar surface area (TPSA) is 46.2 Å². The standard InChI is InChI=1S/C16H24FNO2S/c1-15(2)9-13(10-16(3,4)11-15)18-21(19,20)14-7-5-12(17)6-8-14/h5-8,13,18H,9-11H2,1-4H3. The third-order valence-corrected chi connectivity index (χ3v) is 5.54. The first-order valence-electron chi connectivity index (χ1n) is 7.27. The molecule has 1 aliphatic rings. The summed E-state index contributed by atoms with van der Waals surface area (Å²) in [5.74, 6) is -0.436. The van der Waals surface area contributed by atoms with Gasteiger partial charge in [-0.15, -0.1) is 0 Å². The van der Waals surface area contributed by atoms with Gasteiger partial charge in [0.25, 0.3) is 0 Å². The SMILES string of the molecule is CC1(C)CC(NS(=O)(=O)c2ccc(F)cc2)CC(C)(C)C1. The molecule has 118 valence electrons. The molecule has 0 aliphatic heterocycles. The molecule has 2 rings (SSSR count). The molecule has 1 aromatic rings. The Balaban J connectivity index is 2.18. The van der Waals surface area contributed by atoms with Crippen molar-refractivity contribution in [3.8, 4) is 0 Å². The summed E-state index contributed by atoms with van der Waals surface area (Å²) in [7, 11) is -3.59. The molecule has 1 saturated carbocycles. The summed E-state index contributed by atoms with van der Waals surface area (Å²) in [4.78, 5) is 0.116. The Morgan fingerprint density at radius 3 is 2.00 bits per heavy atom. The van der Waals surface area contributed by atoms with E-state index in [4.69, 9.17) is 0 Å². The third-order valence-electron chi connectivity index (χ3n) is 4.00. The van der Waals surface area contributed by atoms with Crippen molar-refractivity contribution >= 4 is 10.0 Å². The third kappa shape index (κ3) is 4.27. The van der Waals surface area contributed by atoms with Crippen LogP contribution in [0, 0.1) is 16.6 Å². The first-order valence-corrected chi connectivity index (χ1v) is 8.75. The van der Waals surface area contributed by atoms with E-state index in [1.807, 2.05) is 0 Å². The van der Waals surface area contributed by atoms with Crippen molar-refractivity contribution in [3.05, 3.63) is 30.1 Å². The van der Waals surface area contributed by atoms with E-state index in [9.17, 15) is 12.8 Å². The number of sulfonamides is 1. The normalized spacial score (nSPS) is 22.1. The highest BCUT2D eigenvalue weighted by Gasteiger charge is 2.39. The molecule has 1 aliphatic carbocycles. The van der Waals surface area contributed by atoms with Gasteiger partial charge in [-0.1, -0.05) is 27.7 Å². The van der Waals surface area contributed by atoms with Crippen LogP contribution < -0.4 is 4.72 Å². The van der Waals surface area contributed by atoms with Gasteiger partial charge in [-0.05, 0) is 54.4 Å². The lowest BCUT2D eigenvalue weighted by Crippen LogP contribution is -2.45. The van der Waals surface area contributed by atoms with Crippen molar-refractivity contribution in [1.29, 1.82) is 0 Å². The molecule has 0 saturated heterocycles. The van der Waals surface area contributed by atoms with Crippen LogP contribution in [0.25, 0.3) is 0 Å². The summed E-state index contributed by atoms with van der Waals surface area (Å²) in [6.07, 6.45) is 2.71. The van der Waals surface area contributed by atoms with Crippen molar-refractivity contribution in [2.45, 2.75) is 57.9 Å². The number of benzene rings is 1. The molecular formula is C16H24FNO2S. The van der Waals surface area contributed by atoms with Crippen LogP contribution in [0.4, 0.5) is 4.39 Å². The maximum atomic E-state index is 12.9. The molecule has 0 radical (unpaired) electrons. The van der Waals surface area contributed by atoms with Gasteiger partial charge in [-0.2, -0.15) is 0 Å². The molecular weight excluding hydrogens is 289 g/mol. The van der Waals surface area contributed by atoms with Gasteiger partial charge in [0.15, 0.2) is 0 Å². The smallest absolute Gasteiger partial charge is 0.208 e. The van der Waals surface area contributed by atoms with Gasteiger partial charge in [-0.25, -0.2) is 17.5 Å². The second kappa shape index (κ2) is 5.36. The van der Waals surface area contributed by atoms with Crippen LogP contribution in [0.3, 0.4) is 0 Å². The van der Waals surface area contributed by atoms with Crippen LogP contribution in [-0.4, -0.2) is 14.5 Å². The average Bonchev–Trinajstić information content (AvgIpc) is 2.23. The molecule has 1 N–H and O–H groups in total. The fraction of sp³-hybridized carbons (Fsp3) is 0.625. The van der Waals surface area contributed by atoms with Gasteiger partial charge >= 0.3 is 0 Å². The molecule has 0 unspecified atom stereocenters. The molecule has 0 bridgehead atoms. The van der Waals surface area contributed by atoms with Gasteiger partial charge < -0.3 is 0 Å². The van der Waals surface area contributed by atoms with Gasteiger partial charge in [0, 0.05) is 6.04 Å². The largest absolute Gasteiger partial charge is 0.240 e.